The van der Waals surface area contributed by atoms with Crippen LogP contribution < -0.4 is 5.32 Å². The van der Waals surface area contributed by atoms with Crippen molar-refractivity contribution in [2.75, 3.05) is 6.54 Å². The Kier molecular flexibility index (Phi) is 2.96. The van der Waals surface area contributed by atoms with Gasteiger partial charge in [0.2, 0.25) is 0 Å². The Morgan fingerprint density at radius 3 is 2.67 bits per heavy atom. The largest absolute Gasteiger partial charge is 0.310 e. The molecular formula is C16H23NS. The third-order valence-electron chi connectivity index (χ3n) is 5.11. The standard InChI is InChI=1S/C16H23NS/c1-2-15(13-8-9-18-16(13)3-1)17-10-14(11-4-5-11)12-6-7-12/h8-9,11-12,14-15,17H,1-7,10H2. The molecule has 2 heteroatoms. The molecule has 3 aliphatic carbocycles. The normalized spacial score (nSPS) is 27.5. The van der Waals surface area contributed by atoms with E-state index in [-0.39, 0.29) is 0 Å². The Bertz CT molecular complexity index is 404. The summed E-state index contributed by atoms with van der Waals surface area (Å²) in [6, 6.07) is 3.03. The second-order valence-electron chi connectivity index (χ2n) is 6.49. The maximum atomic E-state index is 3.91. The van der Waals surface area contributed by atoms with Crippen LogP contribution in [0.3, 0.4) is 0 Å². The van der Waals surface area contributed by atoms with Gasteiger partial charge in [-0.15, -0.1) is 11.3 Å². The fraction of sp³-hybridized carbons (Fsp3) is 0.750. The zero-order valence-corrected chi connectivity index (χ0v) is 11.8. The molecule has 0 aromatic carbocycles. The summed E-state index contributed by atoms with van der Waals surface area (Å²) in [6.07, 6.45) is 10.1. The molecule has 0 bridgehead atoms. The van der Waals surface area contributed by atoms with Gasteiger partial charge in [-0.1, -0.05) is 0 Å². The van der Waals surface area contributed by atoms with E-state index in [0.29, 0.717) is 6.04 Å². The molecule has 0 spiro atoms. The van der Waals surface area contributed by atoms with Crippen LogP contribution in [0.25, 0.3) is 0 Å². The van der Waals surface area contributed by atoms with Crippen LogP contribution in [-0.4, -0.2) is 6.54 Å². The molecule has 0 saturated heterocycles. The van der Waals surface area contributed by atoms with Crippen molar-refractivity contribution in [3.8, 4) is 0 Å². The predicted octanol–water partition coefficient (Wildman–Crippen LogP) is 4.15. The minimum atomic E-state index is 0.667. The van der Waals surface area contributed by atoms with E-state index >= 15 is 0 Å². The fourth-order valence-electron chi connectivity index (χ4n) is 3.74. The van der Waals surface area contributed by atoms with Crippen LogP contribution >= 0.6 is 11.3 Å². The van der Waals surface area contributed by atoms with Gasteiger partial charge in [-0.05, 0) is 86.3 Å². The molecule has 2 fully saturated rings. The highest BCUT2D eigenvalue weighted by Crippen LogP contribution is 2.49. The highest BCUT2D eigenvalue weighted by atomic mass is 32.1. The molecule has 2 saturated carbocycles. The Morgan fingerprint density at radius 1 is 1.17 bits per heavy atom. The summed E-state index contributed by atoms with van der Waals surface area (Å²) in [4.78, 5) is 1.65. The minimum absolute atomic E-state index is 0.667. The van der Waals surface area contributed by atoms with Crippen LogP contribution in [0.15, 0.2) is 11.4 Å². The predicted molar refractivity (Wildman–Crippen MR) is 76.9 cm³/mol. The van der Waals surface area contributed by atoms with Crippen LogP contribution in [-0.2, 0) is 6.42 Å². The summed E-state index contributed by atoms with van der Waals surface area (Å²) < 4.78 is 0. The van der Waals surface area contributed by atoms with Gasteiger partial charge in [-0.25, -0.2) is 0 Å². The number of hydrogen-bond acceptors (Lipinski definition) is 2. The molecule has 0 amide bonds. The smallest absolute Gasteiger partial charge is 0.0331 e. The average molecular weight is 261 g/mol. The first-order valence-electron chi connectivity index (χ1n) is 7.71. The van der Waals surface area contributed by atoms with Gasteiger partial charge in [0.05, 0.1) is 0 Å². The second-order valence-corrected chi connectivity index (χ2v) is 7.49. The number of rotatable bonds is 5. The Hall–Kier alpha value is -0.340. The molecule has 98 valence electrons. The summed E-state index contributed by atoms with van der Waals surface area (Å²) in [5.41, 5.74) is 1.62. The van der Waals surface area contributed by atoms with Gasteiger partial charge in [0, 0.05) is 10.9 Å². The number of fused-ring (bicyclic) bond motifs is 1. The van der Waals surface area contributed by atoms with Gasteiger partial charge < -0.3 is 5.32 Å². The lowest BCUT2D eigenvalue weighted by Gasteiger charge is -2.26. The number of nitrogens with one attached hydrogen (secondary N) is 1. The Morgan fingerprint density at radius 2 is 1.94 bits per heavy atom. The van der Waals surface area contributed by atoms with Crippen LogP contribution in [0.5, 0.6) is 0 Å². The Balaban J connectivity index is 1.40. The molecule has 1 aromatic rings. The van der Waals surface area contributed by atoms with Crippen LogP contribution in [0.4, 0.5) is 0 Å². The van der Waals surface area contributed by atoms with Gasteiger partial charge in [0.1, 0.15) is 0 Å². The first kappa shape index (κ1) is 11.5. The van der Waals surface area contributed by atoms with E-state index < -0.39 is 0 Å². The first-order chi connectivity index (χ1) is 8.92. The van der Waals surface area contributed by atoms with E-state index in [0.717, 1.165) is 17.8 Å². The van der Waals surface area contributed by atoms with E-state index in [1.165, 1.54) is 51.5 Å². The molecule has 4 rings (SSSR count). The SMILES string of the molecule is c1cc2c(s1)CCCC2NCC(C1CC1)C1CC1. The van der Waals surface area contributed by atoms with Gasteiger partial charge in [0.25, 0.3) is 0 Å². The second kappa shape index (κ2) is 4.64. The molecule has 1 heterocycles. The molecule has 1 atom stereocenters. The lowest BCUT2D eigenvalue weighted by molar-refractivity contribution is 0.343. The van der Waals surface area contributed by atoms with E-state index in [1.807, 2.05) is 11.3 Å². The quantitative estimate of drug-likeness (QED) is 0.839. The molecule has 0 radical (unpaired) electrons. The van der Waals surface area contributed by atoms with Crippen molar-refractivity contribution >= 4 is 11.3 Å². The molecule has 0 aliphatic heterocycles. The topological polar surface area (TPSA) is 12.0 Å². The summed E-state index contributed by atoms with van der Waals surface area (Å²) >= 11 is 1.96. The van der Waals surface area contributed by atoms with Crippen molar-refractivity contribution in [2.45, 2.75) is 51.0 Å². The fourth-order valence-corrected chi connectivity index (χ4v) is 4.73. The molecule has 3 aliphatic rings. The maximum absolute atomic E-state index is 3.91. The average Bonchev–Trinajstić information content (AvgIpc) is 3.30. The summed E-state index contributed by atoms with van der Waals surface area (Å²) in [5.74, 6) is 3.17. The van der Waals surface area contributed by atoms with Gasteiger partial charge in [0.15, 0.2) is 0 Å². The number of aryl methyl sites for hydroxylation is 1. The summed E-state index contributed by atoms with van der Waals surface area (Å²) in [5, 5.41) is 6.20. The van der Waals surface area contributed by atoms with Crippen molar-refractivity contribution in [1.29, 1.82) is 0 Å². The minimum Gasteiger partial charge on any atom is -0.310 e. The lowest BCUT2D eigenvalue weighted by atomic mass is 9.92. The molecular weight excluding hydrogens is 238 g/mol. The highest BCUT2D eigenvalue weighted by molar-refractivity contribution is 7.10. The van der Waals surface area contributed by atoms with E-state index in [9.17, 15) is 0 Å². The number of thiophene rings is 1. The molecule has 1 N–H and O–H groups in total. The maximum Gasteiger partial charge on any atom is 0.0331 e. The highest BCUT2D eigenvalue weighted by Gasteiger charge is 2.41. The van der Waals surface area contributed by atoms with Gasteiger partial charge in [-0.2, -0.15) is 0 Å². The summed E-state index contributed by atoms with van der Waals surface area (Å²) in [7, 11) is 0. The van der Waals surface area contributed by atoms with Crippen molar-refractivity contribution in [1.82, 2.24) is 5.32 Å². The van der Waals surface area contributed by atoms with Crippen LogP contribution in [0.2, 0.25) is 0 Å². The summed E-state index contributed by atoms with van der Waals surface area (Å²) in [6.45, 7) is 1.29. The van der Waals surface area contributed by atoms with Crippen LogP contribution in [0, 0.1) is 17.8 Å². The first-order valence-corrected chi connectivity index (χ1v) is 8.59. The van der Waals surface area contributed by atoms with E-state index in [4.69, 9.17) is 0 Å². The molecule has 18 heavy (non-hydrogen) atoms. The molecule has 1 nitrogen and oxygen atoms in total. The third kappa shape index (κ3) is 2.25. The third-order valence-corrected chi connectivity index (χ3v) is 6.10. The van der Waals surface area contributed by atoms with Crippen molar-refractivity contribution in [2.24, 2.45) is 17.8 Å². The molecule has 1 aromatic heterocycles. The van der Waals surface area contributed by atoms with Gasteiger partial charge >= 0.3 is 0 Å². The van der Waals surface area contributed by atoms with Crippen molar-refractivity contribution in [3.63, 3.8) is 0 Å². The number of hydrogen-bond donors (Lipinski definition) is 1. The van der Waals surface area contributed by atoms with Crippen molar-refractivity contribution < 1.29 is 0 Å². The van der Waals surface area contributed by atoms with E-state index in [1.54, 1.807) is 10.4 Å². The monoisotopic (exact) mass is 261 g/mol. The lowest BCUT2D eigenvalue weighted by Crippen LogP contribution is -2.31. The van der Waals surface area contributed by atoms with Gasteiger partial charge in [-0.3, -0.25) is 0 Å². The molecule has 1 unspecified atom stereocenters. The zero-order valence-electron chi connectivity index (χ0n) is 11.0. The van der Waals surface area contributed by atoms with Crippen LogP contribution in [0.1, 0.15) is 55.0 Å². The zero-order chi connectivity index (χ0) is 11.9. The van der Waals surface area contributed by atoms with Crippen molar-refractivity contribution in [3.05, 3.63) is 21.9 Å². The van der Waals surface area contributed by atoms with E-state index in [2.05, 4.69) is 16.8 Å². The Labute approximate surface area is 114 Å².